The minimum atomic E-state index is -3.34. The van der Waals surface area contributed by atoms with Gasteiger partial charge in [0.1, 0.15) is 10.7 Å². The van der Waals surface area contributed by atoms with Crippen LogP contribution in [0.5, 0.6) is 0 Å². The number of halogens is 2. The van der Waals surface area contributed by atoms with E-state index in [9.17, 15) is 12.8 Å². The Bertz CT molecular complexity index is 1270. The second kappa shape index (κ2) is 7.36. The third kappa shape index (κ3) is 3.54. The van der Waals surface area contributed by atoms with E-state index < -0.39 is 15.7 Å². The molecule has 5 nitrogen and oxygen atoms in total. The summed E-state index contributed by atoms with van der Waals surface area (Å²) in [4.78, 5) is 11.1. The molecule has 3 aliphatic rings. The van der Waals surface area contributed by atoms with Crippen molar-refractivity contribution in [2.45, 2.75) is 29.7 Å². The highest BCUT2D eigenvalue weighted by atomic mass is 35.5. The maximum atomic E-state index is 13.8. The highest BCUT2D eigenvalue weighted by Gasteiger charge is 2.42. The van der Waals surface area contributed by atoms with Crippen LogP contribution in [-0.4, -0.2) is 42.6 Å². The maximum Gasteiger partial charge on any atom is 0.178 e. The van der Waals surface area contributed by atoms with Crippen LogP contribution in [0.25, 0.3) is 11.4 Å². The van der Waals surface area contributed by atoms with E-state index >= 15 is 0 Å². The van der Waals surface area contributed by atoms with Crippen molar-refractivity contribution in [3.8, 4) is 11.4 Å². The SMILES string of the molecule is CS(=O)(=O)c1cnc(-c2ccc3c(c2)CN2CCC3(c3ccc(F)c(Cl)c3)CC2)nc1. The first kappa shape index (κ1) is 20.5. The summed E-state index contributed by atoms with van der Waals surface area (Å²) in [5, 5.41) is 0.149. The van der Waals surface area contributed by atoms with Crippen molar-refractivity contribution < 1.29 is 12.8 Å². The summed E-state index contributed by atoms with van der Waals surface area (Å²) in [5.41, 5.74) is 4.09. The maximum absolute atomic E-state index is 13.8. The van der Waals surface area contributed by atoms with Gasteiger partial charge in [-0.05, 0) is 60.8 Å². The van der Waals surface area contributed by atoms with E-state index in [0.29, 0.717) is 5.82 Å². The Morgan fingerprint density at radius 3 is 2.42 bits per heavy atom. The Morgan fingerprint density at radius 2 is 1.77 bits per heavy atom. The topological polar surface area (TPSA) is 63.2 Å². The number of aromatic nitrogens is 2. The van der Waals surface area contributed by atoms with Gasteiger partial charge in [-0.15, -0.1) is 0 Å². The molecule has 0 radical (unpaired) electrons. The standard InChI is InChI=1S/C23H21ClFN3O2S/c1-31(29,30)18-12-26-22(27-13-18)15-2-4-19-16(10-15)14-28-8-6-23(19,7-9-28)17-3-5-21(25)20(24)11-17/h2-5,10-13H,6-9,14H2,1H3. The molecule has 1 saturated heterocycles. The van der Waals surface area contributed by atoms with Crippen molar-refractivity contribution in [2.24, 2.45) is 0 Å². The lowest BCUT2D eigenvalue weighted by atomic mass is 9.68. The fourth-order valence-corrected chi connectivity index (χ4v) is 5.50. The van der Waals surface area contributed by atoms with Crippen LogP contribution < -0.4 is 0 Å². The number of hydrogen-bond acceptors (Lipinski definition) is 5. The second-order valence-electron chi connectivity index (χ2n) is 8.37. The van der Waals surface area contributed by atoms with Gasteiger partial charge in [0.2, 0.25) is 0 Å². The molecule has 8 heteroatoms. The molecule has 0 atom stereocenters. The van der Waals surface area contributed by atoms with Gasteiger partial charge >= 0.3 is 0 Å². The van der Waals surface area contributed by atoms with Gasteiger partial charge in [-0.2, -0.15) is 0 Å². The molecule has 2 bridgehead atoms. The van der Waals surface area contributed by atoms with Crippen LogP contribution in [0.1, 0.15) is 29.5 Å². The summed E-state index contributed by atoms with van der Waals surface area (Å²) in [5.74, 6) is 0.0822. The molecule has 0 amide bonds. The van der Waals surface area contributed by atoms with E-state index in [4.69, 9.17) is 11.6 Å². The molecule has 0 spiro atoms. The molecule has 2 aromatic carbocycles. The van der Waals surface area contributed by atoms with Gasteiger partial charge < -0.3 is 0 Å². The van der Waals surface area contributed by atoms with Gasteiger partial charge in [0.25, 0.3) is 0 Å². The number of benzene rings is 2. The first-order valence-electron chi connectivity index (χ1n) is 10.1. The molecule has 4 heterocycles. The number of hydrogen-bond donors (Lipinski definition) is 0. The van der Waals surface area contributed by atoms with E-state index in [1.54, 1.807) is 6.07 Å². The molecule has 1 fully saturated rings. The Labute approximate surface area is 185 Å². The van der Waals surface area contributed by atoms with Crippen molar-refractivity contribution in [3.05, 3.63) is 76.3 Å². The van der Waals surface area contributed by atoms with Crippen LogP contribution in [0.2, 0.25) is 5.02 Å². The van der Waals surface area contributed by atoms with Gasteiger partial charge in [0.05, 0.1) is 5.02 Å². The molecule has 160 valence electrons. The third-order valence-electron chi connectivity index (χ3n) is 6.51. The Kier molecular flexibility index (Phi) is 4.88. The highest BCUT2D eigenvalue weighted by molar-refractivity contribution is 7.90. The van der Waals surface area contributed by atoms with Gasteiger partial charge in [-0.3, -0.25) is 4.90 Å². The minimum Gasteiger partial charge on any atom is -0.299 e. The van der Waals surface area contributed by atoms with Crippen LogP contribution in [0.4, 0.5) is 4.39 Å². The van der Waals surface area contributed by atoms with Gasteiger partial charge in [-0.1, -0.05) is 29.8 Å². The summed E-state index contributed by atoms with van der Waals surface area (Å²) in [6.45, 7) is 2.73. The predicted octanol–water partition coefficient (Wildman–Crippen LogP) is 4.24. The lowest BCUT2D eigenvalue weighted by Gasteiger charge is -2.39. The van der Waals surface area contributed by atoms with Crippen LogP contribution >= 0.6 is 11.6 Å². The zero-order valence-electron chi connectivity index (χ0n) is 17.0. The quantitative estimate of drug-likeness (QED) is 0.588. The minimum absolute atomic E-state index is 0.0994. The van der Waals surface area contributed by atoms with Crippen LogP contribution in [0.15, 0.2) is 53.7 Å². The molecule has 3 aromatic rings. The molecule has 0 unspecified atom stereocenters. The zero-order chi connectivity index (χ0) is 21.8. The lowest BCUT2D eigenvalue weighted by molar-refractivity contribution is 0.190. The van der Waals surface area contributed by atoms with E-state index in [-0.39, 0.29) is 15.3 Å². The van der Waals surface area contributed by atoms with E-state index in [1.165, 1.54) is 29.6 Å². The van der Waals surface area contributed by atoms with Gasteiger partial charge in [0, 0.05) is 36.2 Å². The van der Waals surface area contributed by atoms with Crippen LogP contribution in [-0.2, 0) is 21.8 Å². The number of sulfone groups is 1. The number of fused-ring (bicyclic) bond motifs is 2. The average molecular weight is 458 g/mol. The summed E-state index contributed by atoms with van der Waals surface area (Å²) in [7, 11) is -3.34. The monoisotopic (exact) mass is 457 g/mol. The fourth-order valence-electron chi connectivity index (χ4n) is 4.83. The van der Waals surface area contributed by atoms with Crippen molar-refractivity contribution in [3.63, 3.8) is 0 Å². The largest absolute Gasteiger partial charge is 0.299 e. The van der Waals surface area contributed by atoms with E-state index in [0.717, 1.165) is 49.9 Å². The van der Waals surface area contributed by atoms with E-state index in [1.807, 2.05) is 12.1 Å². The van der Waals surface area contributed by atoms with Crippen molar-refractivity contribution in [1.29, 1.82) is 0 Å². The molecule has 0 saturated carbocycles. The number of rotatable bonds is 3. The van der Waals surface area contributed by atoms with Crippen molar-refractivity contribution in [2.75, 3.05) is 19.3 Å². The average Bonchev–Trinajstić information content (AvgIpc) is 3.01. The molecule has 3 aliphatic heterocycles. The van der Waals surface area contributed by atoms with Crippen LogP contribution in [0.3, 0.4) is 0 Å². The first-order chi connectivity index (χ1) is 14.8. The summed E-state index contributed by atoms with van der Waals surface area (Å²) < 4.78 is 37.2. The zero-order valence-corrected chi connectivity index (χ0v) is 18.5. The summed E-state index contributed by atoms with van der Waals surface area (Å²) >= 11 is 6.14. The molecule has 31 heavy (non-hydrogen) atoms. The van der Waals surface area contributed by atoms with Gasteiger partial charge in [-0.25, -0.2) is 22.8 Å². The van der Waals surface area contributed by atoms with Crippen molar-refractivity contribution in [1.82, 2.24) is 14.9 Å². The van der Waals surface area contributed by atoms with E-state index in [2.05, 4.69) is 27.0 Å². The molecule has 0 N–H and O–H groups in total. The predicted molar refractivity (Wildman–Crippen MR) is 117 cm³/mol. The number of nitrogens with zero attached hydrogens (tertiary/aromatic N) is 3. The molecule has 0 aliphatic carbocycles. The van der Waals surface area contributed by atoms with Crippen LogP contribution in [0, 0.1) is 5.82 Å². The normalized spacial score (nSPS) is 22.7. The third-order valence-corrected chi connectivity index (χ3v) is 7.87. The Balaban J connectivity index is 1.60. The summed E-state index contributed by atoms with van der Waals surface area (Å²) in [6, 6.07) is 11.3. The fraction of sp³-hybridized carbons (Fsp3) is 0.304. The second-order valence-corrected chi connectivity index (χ2v) is 10.8. The Morgan fingerprint density at radius 1 is 1.06 bits per heavy atom. The molecule has 1 aromatic heterocycles. The lowest BCUT2D eigenvalue weighted by Crippen LogP contribution is -2.39. The van der Waals surface area contributed by atoms with Crippen molar-refractivity contribution >= 4 is 21.4 Å². The smallest absolute Gasteiger partial charge is 0.178 e. The molecular weight excluding hydrogens is 437 g/mol. The Hall–Kier alpha value is -2.35. The molecular formula is C23H21ClFN3O2S. The number of piperidine rings is 1. The summed E-state index contributed by atoms with van der Waals surface area (Å²) in [6.07, 6.45) is 5.72. The highest BCUT2D eigenvalue weighted by Crippen LogP contribution is 2.47. The molecule has 6 rings (SSSR count). The first-order valence-corrected chi connectivity index (χ1v) is 12.4. The van der Waals surface area contributed by atoms with Gasteiger partial charge in [0.15, 0.2) is 15.7 Å².